The van der Waals surface area contributed by atoms with Crippen molar-refractivity contribution in [1.82, 2.24) is 0 Å². The molecule has 0 bridgehead atoms. The summed E-state index contributed by atoms with van der Waals surface area (Å²) >= 11 is 6.12. The van der Waals surface area contributed by atoms with E-state index in [2.05, 4.69) is 0 Å². The Bertz CT molecular complexity index is 695. The van der Waals surface area contributed by atoms with Gasteiger partial charge in [0.15, 0.2) is 0 Å². The van der Waals surface area contributed by atoms with Crippen LogP contribution in [0.2, 0.25) is 5.02 Å². The van der Waals surface area contributed by atoms with Gasteiger partial charge in [0, 0.05) is 6.04 Å². The van der Waals surface area contributed by atoms with E-state index < -0.39 is 5.82 Å². The minimum atomic E-state index is -0.467. The Morgan fingerprint density at radius 1 is 1.33 bits per heavy atom. The number of halogens is 2. The van der Waals surface area contributed by atoms with Crippen LogP contribution in [0.15, 0.2) is 36.4 Å². The van der Waals surface area contributed by atoms with Crippen LogP contribution in [0.25, 0.3) is 0 Å². The van der Waals surface area contributed by atoms with Crippen LogP contribution in [-0.2, 0) is 6.61 Å². The van der Waals surface area contributed by atoms with Crippen LogP contribution >= 0.6 is 11.6 Å². The molecule has 0 aliphatic rings. The molecule has 21 heavy (non-hydrogen) atoms. The zero-order valence-electron chi connectivity index (χ0n) is 11.4. The van der Waals surface area contributed by atoms with Crippen LogP contribution < -0.4 is 10.5 Å². The predicted octanol–water partition coefficient (Wildman–Crippen LogP) is 3.95. The maximum atomic E-state index is 13.3. The van der Waals surface area contributed by atoms with Crippen LogP contribution in [0.4, 0.5) is 4.39 Å². The SMILES string of the molecule is C[C@H](N)c1ccc(OCc2cc(F)cc(C#N)c2)c(Cl)c1. The number of nitrogens with zero attached hydrogens (tertiary/aromatic N) is 1. The molecule has 0 fully saturated rings. The molecule has 2 aromatic rings. The maximum Gasteiger partial charge on any atom is 0.138 e. The van der Waals surface area contributed by atoms with Gasteiger partial charge in [-0.25, -0.2) is 4.39 Å². The number of nitriles is 1. The van der Waals surface area contributed by atoms with Crippen LogP contribution in [-0.4, -0.2) is 0 Å². The number of benzene rings is 2. The fourth-order valence-corrected chi connectivity index (χ4v) is 2.12. The van der Waals surface area contributed by atoms with Gasteiger partial charge in [-0.2, -0.15) is 5.26 Å². The highest BCUT2D eigenvalue weighted by atomic mass is 35.5. The lowest BCUT2D eigenvalue weighted by atomic mass is 10.1. The summed E-state index contributed by atoms with van der Waals surface area (Å²) in [5, 5.41) is 9.25. The molecular weight excluding hydrogens is 291 g/mol. The lowest BCUT2D eigenvalue weighted by Crippen LogP contribution is -2.05. The van der Waals surface area contributed by atoms with Crippen molar-refractivity contribution in [2.75, 3.05) is 0 Å². The van der Waals surface area contributed by atoms with Crippen molar-refractivity contribution in [3.05, 3.63) is 63.9 Å². The van der Waals surface area contributed by atoms with Crippen molar-refractivity contribution >= 4 is 11.6 Å². The number of hydrogen-bond acceptors (Lipinski definition) is 3. The fraction of sp³-hybridized carbons (Fsp3) is 0.188. The molecule has 1 atom stereocenters. The number of ether oxygens (including phenoxy) is 1. The van der Waals surface area contributed by atoms with Gasteiger partial charge in [0.2, 0.25) is 0 Å². The summed E-state index contributed by atoms with van der Waals surface area (Å²) in [5.41, 5.74) is 7.51. The maximum absolute atomic E-state index is 13.3. The summed E-state index contributed by atoms with van der Waals surface area (Å²) in [4.78, 5) is 0. The molecule has 2 rings (SSSR count). The molecule has 0 aromatic heterocycles. The van der Waals surface area contributed by atoms with E-state index in [0.29, 0.717) is 16.3 Å². The second kappa shape index (κ2) is 6.57. The Labute approximate surface area is 127 Å². The number of nitrogens with two attached hydrogens (primary N) is 1. The lowest BCUT2D eigenvalue weighted by Gasteiger charge is -2.11. The third-order valence-electron chi connectivity index (χ3n) is 2.96. The van der Waals surface area contributed by atoms with Crippen LogP contribution in [0.5, 0.6) is 5.75 Å². The molecular formula is C16H14ClFN2O. The Kier molecular flexibility index (Phi) is 4.79. The average Bonchev–Trinajstić information content (AvgIpc) is 2.45. The van der Waals surface area contributed by atoms with Crippen molar-refractivity contribution in [3.8, 4) is 11.8 Å². The zero-order chi connectivity index (χ0) is 15.4. The largest absolute Gasteiger partial charge is 0.487 e. The van der Waals surface area contributed by atoms with Gasteiger partial charge in [-0.15, -0.1) is 0 Å². The molecule has 0 saturated heterocycles. The normalized spacial score (nSPS) is 11.8. The van der Waals surface area contributed by atoms with E-state index in [1.165, 1.54) is 12.1 Å². The van der Waals surface area contributed by atoms with E-state index in [4.69, 9.17) is 27.3 Å². The summed E-state index contributed by atoms with van der Waals surface area (Å²) in [7, 11) is 0. The number of rotatable bonds is 4. The standard InChI is InChI=1S/C16H14ClFN2O/c1-10(20)13-2-3-16(15(17)7-13)21-9-12-4-11(8-19)5-14(18)6-12/h2-7,10H,9,20H2,1H3/t10-/m0/s1. The monoisotopic (exact) mass is 304 g/mol. The van der Waals surface area contributed by atoms with Gasteiger partial charge < -0.3 is 10.5 Å². The van der Waals surface area contributed by atoms with Gasteiger partial charge in [0.25, 0.3) is 0 Å². The van der Waals surface area contributed by atoms with E-state index in [9.17, 15) is 4.39 Å². The third kappa shape index (κ3) is 3.94. The minimum Gasteiger partial charge on any atom is -0.487 e. The van der Waals surface area contributed by atoms with Gasteiger partial charge in [-0.05, 0) is 48.4 Å². The predicted molar refractivity (Wildman–Crippen MR) is 79.5 cm³/mol. The van der Waals surface area contributed by atoms with Crippen molar-refractivity contribution in [1.29, 1.82) is 5.26 Å². The highest BCUT2D eigenvalue weighted by Crippen LogP contribution is 2.28. The second-order valence-corrected chi connectivity index (χ2v) is 5.13. The quantitative estimate of drug-likeness (QED) is 0.930. The molecule has 0 unspecified atom stereocenters. The summed E-state index contributed by atoms with van der Waals surface area (Å²) in [6.07, 6.45) is 0. The third-order valence-corrected chi connectivity index (χ3v) is 3.26. The Morgan fingerprint density at radius 2 is 2.10 bits per heavy atom. The summed E-state index contributed by atoms with van der Waals surface area (Å²) in [6.45, 7) is 1.99. The summed E-state index contributed by atoms with van der Waals surface area (Å²) < 4.78 is 18.9. The second-order valence-electron chi connectivity index (χ2n) is 4.73. The van der Waals surface area contributed by atoms with Gasteiger partial charge in [-0.1, -0.05) is 17.7 Å². The molecule has 108 valence electrons. The summed E-state index contributed by atoms with van der Waals surface area (Å²) in [5.74, 6) is 0.0230. The van der Waals surface area contributed by atoms with E-state index in [0.717, 1.165) is 5.56 Å². The first-order valence-electron chi connectivity index (χ1n) is 6.37. The topological polar surface area (TPSA) is 59.0 Å². The molecule has 0 heterocycles. The molecule has 0 spiro atoms. The van der Waals surface area contributed by atoms with Crippen LogP contribution in [0.1, 0.15) is 29.7 Å². The van der Waals surface area contributed by atoms with Gasteiger partial charge in [0.1, 0.15) is 18.2 Å². The van der Waals surface area contributed by atoms with Gasteiger partial charge >= 0.3 is 0 Å². The van der Waals surface area contributed by atoms with Crippen LogP contribution in [0, 0.1) is 17.1 Å². The minimum absolute atomic E-state index is 0.113. The first-order chi connectivity index (χ1) is 9.99. The Morgan fingerprint density at radius 3 is 2.71 bits per heavy atom. The lowest BCUT2D eigenvalue weighted by molar-refractivity contribution is 0.305. The highest BCUT2D eigenvalue weighted by Gasteiger charge is 2.07. The molecule has 0 aliphatic heterocycles. The first kappa shape index (κ1) is 15.3. The van der Waals surface area contributed by atoms with Crippen LogP contribution in [0.3, 0.4) is 0 Å². The Balaban J connectivity index is 2.13. The zero-order valence-corrected chi connectivity index (χ0v) is 12.2. The molecule has 0 amide bonds. The molecule has 0 aliphatic carbocycles. The Hall–Kier alpha value is -2.09. The van der Waals surface area contributed by atoms with Gasteiger partial charge in [-0.3, -0.25) is 0 Å². The molecule has 2 N–H and O–H groups in total. The fourth-order valence-electron chi connectivity index (χ4n) is 1.88. The summed E-state index contributed by atoms with van der Waals surface area (Å²) in [6, 6.07) is 11.2. The van der Waals surface area contributed by atoms with Crippen molar-refractivity contribution in [3.63, 3.8) is 0 Å². The van der Waals surface area contributed by atoms with Crippen molar-refractivity contribution in [2.24, 2.45) is 5.73 Å². The molecule has 0 saturated carbocycles. The van der Waals surface area contributed by atoms with Crippen molar-refractivity contribution < 1.29 is 9.13 Å². The highest BCUT2D eigenvalue weighted by molar-refractivity contribution is 6.32. The van der Waals surface area contributed by atoms with E-state index in [-0.39, 0.29) is 18.2 Å². The first-order valence-corrected chi connectivity index (χ1v) is 6.75. The van der Waals surface area contributed by atoms with E-state index in [1.54, 1.807) is 18.2 Å². The molecule has 5 heteroatoms. The van der Waals surface area contributed by atoms with E-state index >= 15 is 0 Å². The molecule has 0 radical (unpaired) electrons. The average molecular weight is 305 g/mol. The molecule has 2 aromatic carbocycles. The number of hydrogen-bond donors (Lipinski definition) is 1. The van der Waals surface area contributed by atoms with Crippen molar-refractivity contribution in [2.45, 2.75) is 19.6 Å². The molecule has 3 nitrogen and oxygen atoms in total. The van der Waals surface area contributed by atoms with E-state index in [1.807, 2.05) is 19.1 Å². The smallest absolute Gasteiger partial charge is 0.138 e. The van der Waals surface area contributed by atoms with Gasteiger partial charge in [0.05, 0.1) is 16.7 Å².